The van der Waals surface area contributed by atoms with Crippen molar-refractivity contribution in [3.8, 4) is 11.5 Å². The van der Waals surface area contributed by atoms with Gasteiger partial charge in [0.15, 0.2) is 35.9 Å². The van der Waals surface area contributed by atoms with E-state index in [1.165, 1.54) is 12.1 Å². The van der Waals surface area contributed by atoms with Gasteiger partial charge in [-0.15, -0.1) is 0 Å². The Hall–Kier alpha value is -5.31. The lowest BCUT2D eigenvalue weighted by Gasteiger charge is -2.61. The van der Waals surface area contributed by atoms with Crippen LogP contribution in [0.25, 0.3) is 0 Å². The minimum absolute atomic E-state index is 0.0302. The summed E-state index contributed by atoms with van der Waals surface area (Å²) in [5.41, 5.74) is -1.22. The van der Waals surface area contributed by atoms with Crippen LogP contribution in [0.3, 0.4) is 0 Å². The predicted molar refractivity (Wildman–Crippen MR) is 162 cm³/mol. The van der Waals surface area contributed by atoms with Gasteiger partial charge in [0.1, 0.15) is 5.76 Å². The molecule has 9 atom stereocenters. The molecule has 2 bridgehead atoms. The Balaban J connectivity index is 1.37. The lowest BCUT2D eigenvalue weighted by molar-refractivity contribution is -0.189. The smallest absolute Gasteiger partial charge is 0.348 e. The Morgan fingerprint density at radius 3 is 2.23 bits per heavy atom. The minimum atomic E-state index is -2.77. The Morgan fingerprint density at radius 1 is 0.923 bits per heavy atom. The number of carboxylic acid groups (broad SMARTS) is 3. The molecule has 0 amide bonds. The number of carbonyl (C=O) groups excluding carboxylic acids is 4. The highest BCUT2D eigenvalue weighted by Gasteiger charge is 2.72. The van der Waals surface area contributed by atoms with Crippen LogP contribution in [0, 0.1) is 0 Å². The van der Waals surface area contributed by atoms with Gasteiger partial charge in [-0.2, -0.15) is 0 Å². The number of aliphatic carboxylic acids is 3. The van der Waals surface area contributed by atoms with E-state index in [4.69, 9.17) is 34.3 Å². The molecule has 1 aromatic carbocycles. The molecule has 1 spiro atoms. The van der Waals surface area contributed by atoms with Crippen molar-refractivity contribution in [2.24, 2.45) is 0 Å². The number of piperidine rings is 1. The number of esters is 4. The van der Waals surface area contributed by atoms with Crippen molar-refractivity contribution in [2.75, 3.05) is 13.6 Å². The number of aliphatic hydroxyl groups is 3. The molecule has 20 heteroatoms. The molecule has 0 unspecified atom stereocenters. The van der Waals surface area contributed by atoms with Crippen LogP contribution in [0.2, 0.25) is 0 Å². The van der Waals surface area contributed by atoms with E-state index in [-0.39, 0.29) is 29.7 Å². The lowest BCUT2D eigenvalue weighted by Crippen LogP contribution is -2.74. The normalized spacial score (nSPS) is 26.8. The van der Waals surface area contributed by atoms with Crippen LogP contribution in [0.4, 0.5) is 0 Å². The van der Waals surface area contributed by atoms with Crippen molar-refractivity contribution in [2.45, 2.75) is 92.7 Å². The quantitative estimate of drug-likeness (QED) is 0.0781. The maximum Gasteiger partial charge on any atom is 0.348 e. The minimum Gasteiger partial charge on any atom is -0.504 e. The molecule has 1 saturated heterocycles. The number of carbonyl (C=O) groups is 7. The summed E-state index contributed by atoms with van der Waals surface area (Å²) in [4.78, 5) is 86.8. The fourth-order valence-electron chi connectivity index (χ4n) is 7.28. The number of likely N-dealkylation sites (tertiary alicyclic amines) is 1. The molecule has 1 aromatic rings. The van der Waals surface area contributed by atoms with Gasteiger partial charge in [-0.05, 0) is 51.1 Å². The molecule has 0 aromatic heterocycles. The average Bonchev–Trinajstić information content (AvgIpc) is 3.43. The van der Waals surface area contributed by atoms with Crippen LogP contribution in [0.15, 0.2) is 24.0 Å². The number of aliphatic hydroxyl groups excluding tert-OH is 2. The number of aromatic hydroxyl groups is 1. The fourth-order valence-corrected chi connectivity index (χ4v) is 7.28. The molecule has 282 valence electrons. The highest BCUT2D eigenvalue weighted by molar-refractivity contribution is 5.90. The van der Waals surface area contributed by atoms with Crippen molar-refractivity contribution >= 4 is 41.8 Å². The number of carboxylic acids is 3. The van der Waals surface area contributed by atoms with E-state index in [0.29, 0.717) is 24.9 Å². The lowest BCUT2D eigenvalue weighted by atomic mass is 9.50. The number of phenols is 1. The number of nitrogens with zero attached hydrogens (tertiary/aromatic N) is 1. The second-order valence-corrected chi connectivity index (χ2v) is 12.9. The number of rotatable bonds is 14. The number of hydrogen-bond donors (Lipinski definition) is 7. The first-order valence-electron chi connectivity index (χ1n) is 15.8. The number of benzene rings is 1. The summed E-state index contributed by atoms with van der Waals surface area (Å²) in [6.45, 7) is 1.37. The van der Waals surface area contributed by atoms with Gasteiger partial charge in [0, 0.05) is 18.0 Å². The van der Waals surface area contributed by atoms with Crippen LogP contribution in [-0.2, 0) is 64.3 Å². The van der Waals surface area contributed by atoms with E-state index >= 15 is 0 Å². The summed E-state index contributed by atoms with van der Waals surface area (Å²) in [5, 5.41) is 69.4. The van der Waals surface area contributed by atoms with Gasteiger partial charge in [0.05, 0.1) is 23.9 Å². The second-order valence-electron chi connectivity index (χ2n) is 12.9. The summed E-state index contributed by atoms with van der Waals surface area (Å²) in [5.74, 6) is -12.2. The van der Waals surface area contributed by atoms with Gasteiger partial charge < -0.3 is 64.3 Å². The van der Waals surface area contributed by atoms with E-state index < -0.39 is 102 Å². The highest BCUT2D eigenvalue weighted by Crippen LogP contribution is 2.65. The standard InChI is InChI=1S/C32H35NO19/c1-12(28(44)50-16(26(40)41)10-19(35)36)48-29(45)17(51-30(46)23(39)22(38)27(42)43)11-20(37)49-15-5-6-32(47)18-9-13-3-4-14(34)24-21(13)31(32,25(15)52-24)7-8-33(18)2/h3-5,12,16-18,22-23,25,34,38-39,47H,6-11H2,1-2H3,(H,35,36)(H,40,41)(H,42,43)/t12-,16+,17-,18-,22+,23+,25-,31-,32+/m0/s1. The van der Waals surface area contributed by atoms with Crippen molar-refractivity contribution in [1.82, 2.24) is 4.90 Å². The molecule has 2 heterocycles. The van der Waals surface area contributed by atoms with Crippen LogP contribution in [-0.4, -0.2) is 144 Å². The maximum atomic E-state index is 13.4. The molecule has 2 aliphatic heterocycles. The molecule has 2 aliphatic carbocycles. The summed E-state index contributed by atoms with van der Waals surface area (Å²) in [6, 6.07) is 2.80. The van der Waals surface area contributed by atoms with Crippen molar-refractivity contribution in [1.29, 1.82) is 0 Å². The van der Waals surface area contributed by atoms with Gasteiger partial charge in [0.25, 0.3) is 0 Å². The molecular formula is C32H35NO19. The van der Waals surface area contributed by atoms with E-state index in [0.717, 1.165) is 12.5 Å². The number of likely N-dealkylation sites (N-methyl/N-ethyl adjacent to an activating group) is 1. The largest absolute Gasteiger partial charge is 0.504 e. The second kappa shape index (κ2) is 14.0. The van der Waals surface area contributed by atoms with Crippen LogP contribution < -0.4 is 4.74 Å². The van der Waals surface area contributed by atoms with Gasteiger partial charge in [-0.1, -0.05) is 6.07 Å². The molecule has 7 N–H and O–H groups in total. The van der Waals surface area contributed by atoms with Crippen molar-refractivity contribution in [3.63, 3.8) is 0 Å². The summed E-state index contributed by atoms with van der Waals surface area (Å²) >= 11 is 0. The molecule has 52 heavy (non-hydrogen) atoms. The first-order valence-corrected chi connectivity index (χ1v) is 15.8. The Labute approximate surface area is 292 Å². The fraction of sp³-hybridized carbons (Fsp3) is 0.531. The third kappa shape index (κ3) is 6.49. The zero-order valence-electron chi connectivity index (χ0n) is 27.5. The van der Waals surface area contributed by atoms with E-state index in [2.05, 4.69) is 4.74 Å². The van der Waals surface area contributed by atoms with Crippen LogP contribution >= 0.6 is 0 Å². The van der Waals surface area contributed by atoms with E-state index in [1.807, 2.05) is 11.9 Å². The monoisotopic (exact) mass is 737 g/mol. The van der Waals surface area contributed by atoms with Gasteiger partial charge in [-0.25, -0.2) is 24.0 Å². The van der Waals surface area contributed by atoms with Gasteiger partial charge >= 0.3 is 41.8 Å². The first-order chi connectivity index (χ1) is 24.3. The Morgan fingerprint density at radius 2 is 1.60 bits per heavy atom. The van der Waals surface area contributed by atoms with Gasteiger partial charge in [-0.3, -0.25) is 9.59 Å². The molecule has 4 aliphatic rings. The summed E-state index contributed by atoms with van der Waals surface area (Å²) in [7, 11) is 1.86. The molecule has 1 fully saturated rings. The van der Waals surface area contributed by atoms with Crippen molar-refractivity contribution < 1.29 is 93.0 Å². The zero-order valence-corrected chi connectivity index (χ0v) is 27.5. The number of ether oxygens (including phenoxy) is 5. The van der Waals surface area contributed by atoms with Crippen LogP contribution in [0.5, 0.6) is 11.5 Å². The molecule has 0 saturated carbocycles. The molecular weight excluding hydrogens is 702 g/mol. The molecule has 20 nitrogen and oxygen atoms in total. The topological polar surface area (TPSA) is 310 Å². The predicted octanol–water partition coefficient (Wildman–Crippen LogP) is -2.28. The summed E-state index contributed by atoms with van der Waals surface area (Å²) < 4.78 is 26.0. The van der Waals surface area contributed by atoms with Gasteiger partial charge in [0.2, 0.25) is 12.2 Å². The van der Waals surface area contributed by atoms with E-state index in [9.17, 15) is 54.0 Å². The highest BCUT2D eigenvalue weighted by atomic mass is 16.6. The maximum absolute atomic E-state index is 13.4. The van der Waals surface area contributed by atoms with E-state index in [1.54, 1.807) is 6.07 Å². The third-order valence-corrected chi connectivity index (χ3v) is 9.77. The average molecular weight is 738 g/mol. The molecule has 0 radical (unpaired) electrons. The molecule has 5 rings (SSSR count). The number of phenolic OH excluding ortho intramolecular Hbond substituents is 1. The summed E-state index contributed by atoms with van der Waals surface area (Å²) in [6.07, 6.45) is -13.5. The van der Waals surface area contributed by atoms with Crippen molar-refractivity contribution in [3.05, 3.63) is 35.1 Å². The zero-order chi connectivity index (χ0) is 38.4. The first kappa shape index (κ1) is 37.9. The number of hydrogen-bond acceptors (Lipinski definition) is 17. The Kier molecular flexibility index (Phi) is 10.2. The third-order valence-electron chi connectivity index (χ3n) is 9.77. The van der Waals surface area contributed by atoms with Crippen LogP contribution in [0.1, 0.15) is 43.7 Å². The SMILES string of the molecule is C[C@H](OC(=O)[C@H](CC(=O)OC1=CC[C@@]2(O)[C@@H]3Cc4ccc(O)c5c4[C@@]2(CCN3C)[C@H]1O5)OC(=O)[C@H](O)[C@@H](O)C(=O)O)C(=O)O[C@H](CC(=O)O)C(=O)O. The Bertz CT molecular complexity index is 1740.